The van der Waals surface area contributed by atoms with Crippen LogP contribution in [0.15, 0.2) is 28.8 Å². The van der Waals surface area contributed by atoms with Gasteiger partial charge >= 0.3 is 11.8 Å². The lowest BCUT2D eigenvalue weighted by molar-refractivity contribution is 0.0910. The number of para-hydroxylation sites is 1. The molecule has 2 aromatic heterocycles. The van der Waals surface area contributed by atoms with Crippen LogP contribution in [0, 0.1) is 13.8 Å². The Morgan fingerprint density at radius 1 is 1.33 bits per heavy atom. The standard InChI is InChI=1S/C18H20ClN5O3/c1-11-16(19)12(2)24(22-11)10-15-21-18(27-23-15)17(25)20-9-8-13-6-4-5-7-14(13)26-3/h4-7H,8-10H2,1-3H3,(H,20,25). The second kappa shape index (κ2) is 8.22. The summed E-state index contributed by atoms with van der Waals surface area (Å²) in [6, 6.07) is 7.66. The molecule has 0 saturated carbocycles. The minimum Gasteiger partial charge on any atom is -0.496 e. The molecule has 2 heterocycles. The van der Waals surface area contributed by atoms with Crippen LogP contribution in [0.2, 0.25) is 5.02 Å². The van der Waals surface area contributed by atoms with E-state index in [0.29, 0.717) is 23.8 Å². The number of halogens is 1. The molecular weight excluding hydrogens is 370 g/mol. The number of carbonyl (C=O) groups is 1. The molecule has 27 heavy (non-hydrogen) atoms. The zero-order chi connectivity index (χ0) is 19.4. The molecule has 0 radical (unpaired) electrons. The highest BCUT2D eigenvalue weighted by atomic mass is 35.5. The summed E-state index contributed by atoms with van der Waals surface area (Å²) in [6.07, 6.45) is 0.626. The zero-order valence-electron chi connectivity index (χ0n) is 15.3. The molecule has 1 N–H and O–H groups in total. The van der Waals surface area contributed by atoms with E-state index in [4.69, 9.17) is 20.9 Å². The van der Waals surface area contributed by atoms with Crippen molar-refractivity contribution >= 4 is 17.5 Å². The summed E-state index contributed by atoms with van der Waals surface area (Å²) in [7, 11) is 1.62. The van der Waals surface area contributed by atoms with Crippen LogP contribution in [0.4, 0.5) is 0 Å². The molecule has 0 aliphatic rings. The second-order valence-corrected chi connectivity index (χ2v) is 6.35. The lowest BCUT2D eigenvalue weighted by atomic mass is 10.1. The van der Waals surface area contributed by atoms with E-state index in [2.05, 4.69) is 20.6 Å². The van der Waals surface area contributed by atoms with Crippen molar-refractivity contribution in [3.05, 3.63) is 58.0 Å². The number of ether oxygens (including phenoxy) is 1. The van der Waals surface area contributed by atoms with Crippen LogP contribution in [0.25, 0.3) is 0 Å². The minimum atomic E-state index is -0.421. The van der Waals surface area contributed by atoms with Crippen LogP contribution >= 0.6 is 11.6 Å². The van der Waals surface area contributed by atoms with Crippen molar-refractivity contribution in [2.75, 3.05) is 13.7 Å². The van der Waals surface area contributed by atoms with Gasteiger partial charge in [-0.15, -0.1) is 0 Å². The summed E-state index contributed by atoms with van der Waals surface area (Å²) in [6.45, 7) is 4.37. The molecule has 0 saturated heterocycles. The van der Waals surface area contributed by atoms with E-state index in [-0.39, 0.29) is 12.4 Å². The van der Waals surface area contributed by atoms with Crippen LogP contribution in [0.5, 0.6) is 5.75 Å². The predicted octanol–water partition coefficient (Wildman–Crippen LogP) is 2.57. The second-order valence-electron chi connectivity index (χ2n) is 5.98. The third kappa shape index (κ3) is 4.28. The van der Waals surface area contributed by atoms with Gasteiger partial charge in [-0.05, 0) is 31.9 Å². The first-order chi connectivity index (χ1) is 13.0. The lowest BCUT2D eigenvalue weighted by Crippen LogP contribution is -2.26. The van der Waals surface area contributed by atoms with E-state index in [1.165, 1.54) is 0 Å². The maximum absolute atomic E-state index is 12.2. The highest BCUT2D eigenvalue weighted by molar-refractivity contribution is 6.31. The van der Waals surface area contributed by atoms with Gasteiger partial charge < -0.3 is 14.6 Å². The van der Waals surface area contributed by atoms with Crippen molar-refractivity contribution in [1.82, 2.24) is 25.2 Å². The molecule has 0 fully saturated rings. The Hall–Kier alpha value is -2.87. The van der Waals surface area contributed by atoms with Gasteiger partial charge in [-0.2, -0.15) is 10.1 Å². The molecule has 9 heteroatoms. The summed E-state index contributed by atoms with van der Waals surface area (Å²) < 4.78 is 12.0. The predicted molar refractivity (Wildman–Crippen MR) is 99.1 cm³/mol. The fourth-order valence-electron chi connectivity index (χ4n) is 2.67. The Morgan fingerprint density at radius 2 is 2.11 bits per heavy atom. The maximum Gasteiger partial charge on any atom is 0.316 e. The summed E-state index contributed by atoms with van der Waals surface area (Å²) in [5.41, 5.74) is 2.54. The molecule has 1 aromatic carbocycles. The normalized spacial score (nSPS) is 10.8. The van der Waals surface area contributed by atoms with Gasteiger partial charge in [-0.3, -0.25) is 9.48 Å². The number of aromatic nitrogens is 4. The number of rotatable bonds is 7. The third-order valence-corrected chi connectivity index (χ3v) is 4.67. The van der Waals surface area contributed by atoms with Gasteiger partial charge in [-0.25, -0.2) is 0 Å². The number of hydrogen-bond donors (Lipinski definition) is 1. The first-order valence-corrected chi connectivity index (χ1v) is 8.79. The van der Waals surface area contributed by atoms with E-state index in [0.717, 1.165) is 22.7 Å². The van der Waals surface area contributed by atoms with Crippen LogP contribution in [-0.2, 0) is 13.0 Å². The van der Waals surface area contributed by atoms with E-state index >= 15 is 0 Å². The number of methoxy groups -OCH3 is 1. The fraction of sp³-hybridized carbons (Fsp3) is 0.333. The molecule has 0 atom stereocenters. The van der Waals surface area contributed by atoms with Crippen molar-refractivity contribution < 1.29 is 14.1 Å². The van der Waals surface area contributed by atoms with E-state index in [1.807, 2.05) is 38.1 Å². The SMILES string of the molecule is COc1ccccc1CCNC(=O)c1nc(Cn2nc(C)c(Cl)c2C)no1. The van der Waals surface area contributed by atoms with E-state index < -0.39 is 5.91 Å². The molecule has 0 unspecified atom stereocenters. The number of hydrogen-bond acceptors (Lipinski definition) is 6. The molecule has 0 aliphatic heterocycles. The van der Waals surface area contributed by atoms with Crippen LogP contribution in [0.1, 0.15) is 33.5 Å². The molecule has 1 amide bonds. The monoisotopic (exact) mass is 389 g/mol. The molecule has 3 aromatic rings. The highest BCUT2D eigenvalue weighted by Gasteiger charge is 2.17. The summed E-state index contributed by atoms with van der Waals surface area (Å²) in [5, 5.41) is 11.5. The molecular formula is C18H20ClN5O3. The number of amides is 1. The number of carbonyl (C=O) groups excluding carboxylic acids is 1. The minimum absolute atomic E-state index is 0.0855. The highest BCUT2D eigenvalue weighted by Crippen LogP contribution is 2.19. The summed E-state index contributed by atoms with van der Waals surface area (Å²) in [4.78, 5) is 16.3. The average Bonchev–Trinajstić information content (AvgIpc) is 3.23. The Balaban J connectivity index is 1.57. The number of nitrogens with one attached hydrogen (secondary N) is 1. The van der Waals surface area contributed by atoms with Crippen LogP contribution < -0.4 is 10.1 Å². The Kier molecular flexibility index (Phi) is 5.75. The van der Waals surface area contributed by atoms with Gasteiger partial charge in [0, 0.05) is 6.54 Å². The summed E-state index contributed by atoms with van der Waals surface area (Å²) >= 11 is 6.13. The first-order valence-electron chi connectivity index (χ1n) is 8.41. The van der Waals surface area contributed by atoms with Gasteiger partial charge in [-0.1, -0.05) is 35.0 Å². The van der Waals surface area contributed by atoms with Crippen molar-refractivity contribution in [2.24, 2.45) is 0 Å². The van der Waals surface area contributed by atoms with Crippen molar-refractivity contribution in [1.29, 1.82) is 0 Å². The van der Waals surface area contributed by atoms with Gasteiger partial charge in [0.2, 0.25) is 0 Å². The summed E-state index contributed by atoms with van der Waals surface area (Å²) in [5.74, 6) is 0.634. The van der Waals surface area contributed by atoms with E-state index in [9.17, 15) is 4.79 Å². The van der Waals surface area contributed by atoms with Crippen LogP contribution in [0.3, 0.4) is 0 Å². The molecule has 142 valence electrons. The van der Waals surface area contributed by atoms with Crippen molar-refractivity contribution in [3.63, 3.8) is 0 Å². The Morgan fingerprint density at radius 3 is 2.81 bits per heavy atom. The van der Waals surface area contributed by atoms with Gasteiger partial charge in [0.1, 0.15) is 12.3 Å². The van der Waals surface area contributed by atoms with Gasteiger partial charge in [0.05, 0.1) is 23.5 Å². The molecule has 0 spiro atoms. The van der Waals surface area contributed by atoms with Crippen molar-refractivity contribution in [2.45, 2.75) is 26.8 Å². The van der Waals surface area contributed by atoms with E-state index in [1.54, 1.807) is 11.8 Å². The Bertz CT molecular complexity index is 950. The lowest BCUT2D eigenvalue weighted by Gasteiger charge is -2.08. The number of benzene rings is 1. The van der Waals surface area contributed by atoms with Crippen molar-refractivity contribution in [3.8, 4) is 5.75 Å². The molecule has 0 bridgehead atoms. The number of nitrogens with zero attached hydrogens (tertiary/aromatic N) is 4. The number of aryl methyl sites for hydroxylation is 1. The smallest absolute Gasteiger partial charge is 0.316 e. The van der Waals surface area contributed by atoms with Gasteiger partial charge in [0.15, 0.2) is 5.82 Å². The zero-order valence-corrected chi connectivity index (χ0v) is 16.1. The quantitative estimate of drug-likeness (QED) is 0.667. The average molecular weight is 390 g/mol. The van der Waals surface area contributed by atoms with Crippen LogP contribution in [-0.4, -0.2) is 39.5 Å². The molecule has 3 rings (SSSR count). The fourth-order valence-corrected chi connectivity index (χ4v) is 2.80. The largest absolute Gasteiger partial charge is 0.496 e. The maximum atomic E-state index is 12.2. The molecule has 8 nitrogen and oxygen atoms in total. The topological polar surface area (TPSA) is 95.1 Å². The Labute approximate surface area is 161 Å². The van der Waals surface area contributed by atoms with Gasteiger partial charge in [0.25, 0.3) is 0 Å². The third-order valence-electron chi connectivity index (χ3n) is 4.12. The molecule has 0 aliphatic carbocycles. The first kappa shape index (κ1) is 18.9.